The van der Waals surface area contributed by atoms with Gasteiger partial charge in [-0.05, 0) is 26.3 Å². The van der Waals surface area contributed by atoms with E-state index in [0.29, 0.717) is 5.92 Å². The summed E-state index contributed by atoms with van der Waals surface area (Å²) >= 11 is 1.65. The SMILES string of the molecule is Cc1nn(C)cc1CN1CCC[C@@H](c2nccn2Cc2cscn2)C1. The van der Waals surface area contributed by atoms with E-state index in [0.717, 1.165) is 37.6 Å². The van der Waals surface area contributed by atoms with E-state index in [1.807, 2.05) is 23.4 Å². The Labute approximate surface area is 152 Å². The molecule has 0 N–H and O–H groups in total. The van der Waals surface area contributed by atoms with Gasteiger partial charge in [0.25, 0.3) is 0 Å². The fourth-order valence-corrected chi connectivity index (χ4v) is 4.31. The third kappa shape index (κ3) is 3.67. The first kappa shape index (κ1) is 16.5. The standard InChI is InChI=1S/C18H24N6S/c1-14-16(8-22(2)21-14)10-23-6-3-4-15(9-23)18-19-5-7-24(18)11-17-12-25-13-20-17/h5,7-8,12-13,15H,3-4,6,9-11H2,1-2H3/t15-/m1/s1. The summed E-state index contributed by atoms with van der Waals surface area (Å²) in [6, 6.07) is 0. The first-order valence-electron chi connectivity index (χ1n) is 8.78. The topological polar surface area (TPSA) is 51.8 Å². The van der Waals surface area contributed by atoms with Gasteiger partial charge in [0.15, 0.2) is 0 Å². The number of hydrogen-bond donors (Lipinski definition) is 0. The lowest BCUT2D eigenvalue weighted by Crippen LogP contribution is -2.35. The fraction of sp³-hybridized carbons (Fsp3) is 0.500. The number of nitrogens with zero attached hydrogens (tertiary/aromatic N) is 6. The second kappa shape index (κ2) is 7.09. The van der Waals surface area contributed by atoms with Gasteiger partial charge in [-0.15, -0.1) is 11.3 Å². The first-order valence-corrected chi connectivity index (χ1v) is 9.73. The van der Waals surface area contributed by atoms with Crippen molar-refractivity contribution in [1.29, 1.82) is 0 Å². The summed E-state index contributed by atoms with van der Waals surface area (Å²) in [5.41, 5.74) is 5.47. The van der Waals surface area contributed by atoms with E-state index in [9.17, 15) is 0 Å². The van der Waals surface area contributed by atoms with E-state index in [4.69, 9.17) is 0 Å². The van der Waals surface area contributed by atoms with Crippen molar-refractivity contribution in [2.24, 2.45) is 7.05 Å². The molecule has 1 aliphatic rings. The van der Waals surface area contributed by atoms with Crippen LogP contribution >= 0.6 is 11.3 Å². The molecule has 0 unspecified atom stereocenters. The molecule has 4 rings (SSSR count). The first-order chi connectivity index (χ1) is 12.2. The number of piperidine rings is 1. The highest BCUT2D eigenvalue weighted by molar-refractivity contribution is 7.07. The summed E-state index contributed by atoms with van der Waals surface area (Å²) in [5, 5.41) is 6.58. The Hall–Kier alpha value is -1.99. The minimum atomic E-state index is 0.486. The van der Waals surface area contributed by atoms with Crippen LogP contribution in [0.15, 0.2) is 29.5 Å². The molecular formula is C18H24N6S. The number of imidazole rings is 1. The van der Waals surface area contributed by atoms with Crippen LogP contribution in [-0.4, -0.2) is 42.3 Å². The van der Waals surface area contributed by atoms with E-state index < -0.39 is 0 Å². The minimum Gasteiger partial charge on any atom is -0.329 e. The van der Waals surface area contributed by atoms with E-state index in [-0.39, 0.29) is 0 Å². The zero-order chi connectivity index (χ0) is 17.2. The molecule has 1 saturated heterocycles. The Morgan fingerprint density at radius 3 is 2.96 bits per heavy atom. The van der Waals surface area contributed by atoms with Crippen LogP contribution in [0.1, 0.15) is 41.5 Å². The van der Waals surface area contributed by atoms with E-state index in [1.54, 1.807) is 11.3 Å². The van der Waals surface area contributed by atoms with Crippen molar-refractivity contribution in [3.8, 4) is 0 Å². The maximum absolute atomic E-state index is 4.68. The summed E-state index contributed by atoms with van der Waals surface area (Å²) in [7, 11) is 1.99. The van der Waals surface area contributed by atoms with Crippen LogP contribution in [0.3, 0.4) is 0 Å². The summed E-state index contributed by atoms with van der Waals surface area (Å²) in [6.45, 7) is 6.09. The number of thiazole rings is 1. The zero-order valence-corrected chi connectivity index (χ0v) is 15.6. The molecule has 0 aromatic carbocycles. The fourth-order valence-electron chi connectivity index (χ4n) is 3.76. The number of rotatable bonds is 5. The summed E-state index contributed by atoms with van der Waals surface area (Å²) in [5.74, 6) is 1.68. The van der Waals surface area contributed by atoms with Crippen molar-refractivity contribution in [1.82, 2.24) is 29.2 Å². The molecule has 6 nitrogen and oxygen atoms in total. The van der Waals surface area contributed by atoms with Gasteiger partial charge in [-0.3, -0.25) is 9.58 Å². The molecule has 25 heavy (non-hydrogen) atoms. The van der Waals surface area contributed by atoms with Crippen LogP contribution in [0.25, 0.3) is 0 Å². The predicted octanol–water partition coefficient (Wildman–Crippen LogP) is 2.81. The lowest BCUT2D eigenvalue weighted by Gasteiger charge is -2.32. The average Bonchev–Trinajstić information content (AvgIpc) is 3.32. The highest BCUT2D eigenvalue weighted by Crippen LogP contribution is 2.27. The Morgan fingerprint density at radius 2 is 2.20 bits per heavy atom. The molecule has 0 aliphatic carbocycles. The molecule has 3 aromatic rings. The Balaban J connectivity index is 1.46. The summed E-state index contributed by atoms with van der Waals surface area (Å²) in [6.07, 6.45) is 8.57. The molecular weight excluding hydrogens is 332 g/mol. The van der Waals surface area contributed by atoms with Gasteiger partial charge in [0.2, 0.25) is 0 Å². The summed E-state index contributed by atoms with van der Waals surface area (Å²) < 4.78 is 4.17. The van der Waals surface area contributed by atoms with Gasteiger partial charge < -0.3 is 4.57 Å². The molecule has 0 amide bonds. The van der Waals surface area contributed by atoms with Crippen molar-refractivity contribution in [2.75, 3.05) is 13.1 Å². The molecule has 4 heterocycles. The lowest BCUT2D eigenvalue weighted by molar-refractivity contribution is 0.194. The van der Waals surface area contributed by atoms with Gasteiger partial charge in [0.1, 0.15) is 5.82 Å². The highest BCUT2D eigenvalue weighted by Gasteiger charge is 2.25. The maximum atomic E-state index is 4.68. The highest BCUT2D eigenvalue weighted by atomic mass is 32.1. The van der Waals surface area contributed by atoms with Crippen molar-refractivity contribution < 1.29 is 0 Å². The van der Waals surface area contributed by atoms with Gasteiger partial charge in [0, 0.05) is 55.6 Å². The smallest absolute Gasteiger partial charge is 0.113 e. The zero-order valence-electron chi connectivity index (χ0n) is 14.8. The molecule has 3 aromatic heterocycles. The van der Waals surface area contributed by atoms with Crippen molar-refractivity contribution in [3.63, 3.8) is 0 Å². The van der Waals surface area contributed by atoms with Crippen LogP contribution in [0.5, 0.6) is 0 Å². The van der Waals surface area contributed by atoms with Crippen molar-refractivity contribution in [3.05, 3.63) is 52.3 Å². The molecule has 7 heteroatoms. The van der Waals surface area contributed by atoms with Crippen LogP contribution in [0.4, 0.5) is 0 Å². The van der Waals surface area contributed by atoms with Gasteiger partial charge in [0.05, 0.1) is 23.4 Å². The van der Waals surface area contributed by atoms with Crippen LogP contribution in [0.2, 0.25) is 0 Å². The quantitative estimate of drug-likeness (QED) is 0.705. The third-order valence-corrected chi connectivity index (χ3v) is 5.58. The van der Waals surface area contributed by atoms with Crippen LogP contribution < -0.4 is 0 Å². The molecule has 0 saturated carbocycles. The second-order valence-corrected chi connectivity index (χ2v) is 7.60. The third-order valence-electron chi connectivity index (χ3n) is 4.94. The molecule has 1 aliphatic heterocycles. The molecule has 1 atom stereocenters. The Kier molecular flexibility index (Phi) is 4.67. The molecule has 0 radical (unpaired) electrons. The molecule has 0 spiro atoms. The summed E-state index contributed by atoms with van der Waals surface area (Å²) in [4.78, 5) is 11.6. The largest absolute Gasteiger partial charge is 0.329 e. The second-order valence-electron chi connectivity index (χ2n) is 6.88. The monoisotopic (exact) mass is 356 g/mol. The maximum Gasteiger partial charge on any atom is 0.113 e. The Morgan fingerprint density at radius 1 is 1.28 bits per heavy atom. The van der Waals surface area contributed by atoms with E-state index in [2.05, 4.69) is 49.2 Å². The predicted molar refractivity (Wildman–Crippen MR) is 98.6 cm³/mol. The van der Waals surface area contributed by atoms with Gasteiger partial charge >= 0.3 is 0 Å². The number of aromatic nitrogens is 5. The van der Waals surface area contributed by atoms with E-state index in [1.165, 1.54) is 24.2 Å². The van der Waals surface area contributed by atoms with E-state index >= 15 is 0 Å². The number of aryl methyl sites for hydroxylation is 2. The van der Waals surface area contributed by atoms with Crippen molar-refractivity contribution >= 4 is 11.3 Å². The van der Waals surface area contributed by atoms with Crippen LogP contribution in [-0.2, 0) is 20.1 Å². The molecule has 0 bridgehead atoms. The van der Waals surface area contributed by atoms with Crippen LogP contribution in [0, 0.1) is 6.92 Å². The van der Waals surface area contributed by atoms with Crippen molar-refractivity contribution in [2.45, 2.75) is 38.8 Å². The Bertz CT molecular complexity index is 819. The number of likely N-dealkylation sites (tertiary alicyclic amines) is 1. The van der Waals surface area contributed by atoms with Gasteiger partial charge in [-0.25, -0.2) is 9.97 Å². The number of hydrogen-bond acceptors (Lipinski definition) is 5. The lowest BCUT2D eigenvalue weighted by atomic mass is 9.96. The average molecular weight is 356 g/mol. The minimum absolute atomic E-state index is 0.486. The molecule has 1 fully saturated rings. The van der Waals surface area contributed by atoms with Gasteiger partial charge in [-0.1, -0.05) is 0 Å². The normalized spacial score (nSPS) is 18.7. The van der Waals surface area contributed by atoms with Gasteiger partial charge in [-0.2, -0.15) is 5.10 Å². The molecule has 132 valence electrons.